The third-order valence-corrected chi connectivity index (χ3v) is 4.75. The Morgan fingerprint density at radius 2 is 2.00 bits per heavy atom. The zero-order valence-electron chi connectivity index (χ0n) is 12.4. The maximum atomic E-state index is 12.3. The highest BCUT2D eigenvalue weighted by atomic mass is 31.2. The van der Waals surface area contributed by atoms with E-state index >= 15 is 0 Å². The van der Waals surface area contributed by atoms with Crippen molar-refractivity contribution in [2.45, 2.75) is 13.8 Å². The minimum Gasteiger partial charge on any atom is -0.379 e. The van der Waals surface area contributed by atoms with Crippen LogP contribution in [0.3, 0.4) is 0 Å². The summed E-state index contributed by atoms with van der Waals surface area (Å²) in [4.78, 5) is 10.4. The SMILES string of the molecule is CCOP(=O)(CCNc1ccc(C#N)cc1[N+](=O)[O-])OCC. The van der Waals surface area contributed by atoms with Gasteiger partial charge in [-0.1, -0.05) is 0 Å². The van der Waals surface area contributed by atoms with Crippen molar-refractivity contribution >= 4 is 19.0 Å². The van der Waals surface area contributed by atoms with Crippen LogP contribution in [-0.4, -0.2) is 30.8 Å². The topological polar surface area (TPSA) is 114 Å². The molecule has 0 aliphatic heterocycles. The largest absolute Gasteiger partial charge is 0.379 e. The summed E-state index contributed by atoms with van der Waals surface area (Å²) in [6.45, 7) is 4.13. The normalized spacial score (nSPS) is 11.0. The van der Waals surface area contributed by atoms with Gasteiger partial charge >= 0.3 is 7.60 Å². The molecule has 0 fully saturated rings. The van der Waals surface area contributed by atoms with Gasteiger partial charge in [0.25, 0.3) is 5.69 Å². The van der Waals surface area contributed by atoms with Crippen LogP contribution in [0.25, 0.3) is 0 Å². The Kier molecular flexibility index (Phi) is 6.99. The summed E-state index contributed by atoms with van der Waals surface area (Å²) in [7, 11) is -3.20. The van der Waals surface area contributed by atoms with Gasteiger partial charge in [0.05, 0.1) is 35.9 Å². The van der Waals surface area contributed by atoms with E-state index in [9.17, 15) is 14.7 Å². The van der Waals surface area contributed by atoms with Gasteiger partial charge in [-0.25, -0.2) is 0 Å². The number of hydrogen-bond donors (Lipinski definition) is 1. The van der Waals surface area contributed by atoms with Crippen LogP contribution in [0.2, 0.25) is 0 Å². The molecular weight excluding hydrogens is 309 g/mol. The van der Waals surface area contributed by atoms with E-state index in [2.05, 4.69) is 5.32 Å². The van der Waals surface area contributed by atoms with Crippen molar-refractivity contribution in [1.29, 1.82) is 5.26 Å². The van der Waals surface area contributed by atoms with Gasteiger partial charge in [0, 0.05) is 12.6 Å². The van der Waals surface area contributed by atoms with E-state index in [1.165, 1.54) is 18.2 Å². The van der Waals surface area contributed by atoms with E-state index in [-0.39, 0.29) is 42.9 Å². The Morgan fingerprint density at radius 3 is 2.50 bits per heavy atom. The first-order valence-electron chi connectivity index (χ1n) is 6.76. The minimum atomic E-state index is -3.20. The molecule has 0 amide bonds. The van der Waals surface area contributed by atoms with Crippen molar-refractivity contribution in [2.75, 3.05) is 31.2 Å². The Balaban J connectivity index is 2.78. The zero-order chi connectivity index (χ0) is 16.6. The van der Waals surface area contributed by atoms with Gasteiger partial charge in [0.1, 0.15) is 5.69 Å². The summed E-state index contributed by atoms with van der Waals surface area (Å²) in [5.74, 6) is 0. The molecule has 0 unspecified atom stereocenters. The number of hydrogen-bond acceptors (Lipinski definition) is 7. The number of nitro benzene ring substituents is 1. The molecule has 1 rings (SSSR count). The number of rotatable bonds is 9. The van der Waals surface area contributed by atoms with Crippen molar-refractivity contribution < 1.29 is 18.5 Å². The Labute approximate surface area is 128 Å². The molecule has 8 nitrogen and oxygen atoms in total. The van der Waals surface area contributed by atoms with E-state index < -0.39 is 12.5 Å². The maximum Gasteiger partial charge on any atom is 0.332 e. The van der Waals surface area contributed by atoms with E-state index in [0.29, 0.717) is 0 Å². The van der Waals surface area contributed by atoms with Crippen LogP contribution in [0.15, 0.2) is 18.2 Å². The predicted octanol–water partition coefficient (Wildman–Crippen LogP) is 3.14. The minimum absolute atomic E-state index is 0.0891. The molecule has 0 spiro atoms. The number of anilines is 1. The first-order chi connectivity index (χ1) is 10.5. The van der Waals surface area contributed by atoms with Gasteiger partial charge in [-0.3, -0.25) is 14.7 Å². The lowest BCUT2D eigenvalue weighted by Crippen LogP contribution is -2.11. The number of nitro groups is 1. The lowest BCUT2D eigenvalue weighted by molar-refractivity contribution is -0.384. The smallest absolute Gasteiger partial charge is 0.332 e. The van der Waals surface area contributed by atoms with Crippen molar-refractivity contribution in [1.82, 2.24) is 0 Å². The van der Waals surface area contributed by atoms with Gasteiger partial charge in [-0.15, -0.1) is 0 Å². The summed E-state index contributed by atoms with van der Waals surface area (Å²) in [6, 6.07) is 5.95. The van der Waals surface area contributed by atoms with Crippen LogP contribution < -0.4 is 5.32 Å². The van der Waals surface area contributed by atoms with Crippen molar-refractivity contribution in [3.05, 3.63) is 33.9 Å². The molecule has 0 atom stereocenters. The lowest BCUT2D eigenvalue weighted by Gasteiger charge is -2.17. The quantitative estimate of drug-likeness (QED) is 0.421. The fourth-order valence-electron chi connectivity index (χ4n) is 1.79. The molecule has 0 heterocycles. The van der Waals surface area contributed by atoms with Gasteiger partial charge in [-0.2, -0.15) is 5.26 Å². The monoisotopic (exact) mass is 327 g/mol. The van der Waals surface area contributed by atoms with Crippen LogP contribution in [0, 0.1) is 21.4 Å². The van der Waals surface area contributed by atoms with Gasteiger partial charge < -0.3 is 14.4 Å². The van der Waals surface area contributed by atoms with Gasteiger partial charge in [-0.05, 0) is 26.0 Å². The predicted molar refractivity (Wildman–Crippen MR) is 82.0 cm³/mol. The van der Waals surface area contributed by atoms with E-state index in [1.54, 1.807) is 13.8 Å². The molecule has 1 aromatic carbocycles. The molecule has 1 N–H and O–H groups in total. The van der Waals surface area contributed by atoms with Crippen LogP contribution in [0.4, 0.5) is 11.4 Å². The maximum absolute atomic E-state index is 12.3. The summed E-state index contributed by atoms with van der Waals surface area (Å²) in [5.41, 5.74) is 0.247. The molecule has 0 aliphatic carbocycles. The Hall–Kier alpha value is -1.94. The average Bonchev–Trinajstić information content (AvgIpc) is 2.47. The Morgan fingerprint density at radius 1 is 1.36 bits per heavy atom. The highest BCUT2D eigenvalue weighted by Crippen LogP contribution is 2.47. The van der Waals surface area contributed by atoms with Gasteiger partial charge in [0.15, 0.2) is 0 Å². The summed E-state index contributed by atoms with van der Waals surface area (Å²) < 4.78 is 22.5. The molecule has 0 saturated heterocycles. The molecule has 9 heteroatoms. The summed E-state index contributed by atoms with van der Waals surface area (Å²) in [6.07, 6.45) is 0.0891. The first-order valence-corrected chi connectivity index (χ1v) is 8.49. The number of benzene rings is 1. The molecule has 0 aromatic heterocycles. The van der Waals surface area contributed by atoms with E-state index in [0.717, 1.165) is 0 Å². The van der Waals surface area contributed by atoms with Crippen LogP contribution in [0.1, 0.15) is 19.4 Å². The average molecular weight is 327 g/mol. The third kappa shape index (κ3) is 5.11. The summed E-state index contributed by atoms with van der Waals surface area (Å²) >= 11 is 0. The van der Waals surface area contributed by atoms with Crippen LogP contribution >= 0.6 is 7.60 Å². The fraction of sp³-hybridized carbons (Fsp3) is 0.462. The van der Waals surface area contributed by atoms with Crippen molar-refractivity contribution in [3.63, 3.8) is 0 Å². The second kappa shape index (κ2) is 8.49. The third-order valence-electron chi connectivity index (χ3n) is 2.68. The molecular formula is C13H18N3O5P. The standard InChI is InChI=1S/C13H18N3O5P/c1-3-20-22(19,21-4-2)8-7-15-12-6-5-11(10-14)9-13(12)16(17)18/h5-6,9,15H,3-4,7-8H2,1-2H3. The van der Waals surface area contributed by atoms with Crippen LogP contribution in [0.5, 0.6) is 0 Å². The number of nitrogens with one attached hydrogen (secondary N) is 1. The lowest BCUT2D eigenvalue weighted by atomic mass is 10.2. The second-order valence-corrected chi connectivity index (χ2v) is 6.38. The highest BCUT2D eigenvalue weighted by Gasteiger charge is 2.23. The van der Waals surface area contributed by atoms with E-state index in [1.807, 2.05) is 6.07 Å². The van der Waals surface area contributed by atoms with E-state index in [4.69, 9.17) is 14.3 Å². The highest BCUT2D eigenvalue weighted by molar-refractivity contribution is 7.53. The molecule has 120 valence electrons. The molecule has 1 aromatic rings. The number of nitriles is 1. The molecule has 0 saturated carbocycles. The molecule has 0 bridgehead atoms. The molecule has 0 radical (unpaired) electrons. The first kappa shape index (κ1) is 18.1. The second-order valence-electron chi connectivity index (χ2n) is 4.20. The number of nitrogens with zero attached hydrogens (tertiary/aromatic N) is 2. The van der Waals surface area contributed by atoms with Crippen molar-refractivity contribution in [3.8, 4) is 6.07 Å². The summed E-state index contributed by atoms with van der Waals surface area (Å²) in [5, 5.41) is 22.6. The molecule has 22 heavy (non-hydrogen) atoms. The van der Waals surface area contributed by atoms with Crippen LogP contribution in [-0.2, 0) is 13.6 Å². The van der Waals surface area contributed by atoms with Gasteiger partial charge in [0.2, 0.25) is 0 Å². The molecule has 0 aliphatic rings. The Bertz CT molecular complexity index is 604. The fourth-order valence-corrected chi connectivity index (χ4v) is 3.29. The zero-order valence-corrected chi connectivity index (χ0v) is 13.3. The van der Waals surface area contributed by atoms with Crippen molar-refractivity contribution in [2.24, 2.45) is 0 Å².